The van der Waals surface area contributed by atoms with Crippen molar-refractivity contribution in [2.45, 2.75) is 19.3 Å². The van der Waals surface area contributed by atoms with Crippen LogP contribution in [0, 0.1) is 0 Å². The molecule has 0 aliphatic rings. The molecule has 0 atom stereocenters. The summed E-state index contributed by atoms with van der Waals surface area (Å²) in [7, 11) is 0. The fourth-order valence-electron chi connectivity index (χ4n) is 1.59. The van der Waals surface area contributed by atoms with E-state index in [2.05, 4.69) is 17.1 Å². The lowest BCUT2D eigenvalue weighted by Gasteiger charge is -1.97. The van der Waals surface area contributed by atoms with Crippen LogP contribution in [0.3, 0.4) is 0 Å². The summed E-state index contributed by atoms with van der Waals surface area (Å²) in [6, 6.07) is 10.3. The fraction of sp³-hybridized carbons (Fsp3) is 0.308. The Hall–Kier alpha value is -1.61. The second-order valence-electron chi connectivity index (χ2n) is 3.68. The number of oxazole rings is 1. The number of nitrogens with zero attached hydrogens (tertiary/aromatic N) is 1. The minimum absolute atomic E-state index is 0.0820. The maximum atomic E-state index is 8.74. The lowest BCUT2D eigenvalue weighted by Crippen LogP contribution is -1.90. The summed E-state index contributed by atoms with van der Waals surface area (Å²) in [5.74, 6) is 1.50. The average Bonchev–Trinajstić information content (AvgIpc) is 2.76. The van der Waals surface area contributed by atoms with Gasteiger partial charge in [-0.1, -0.05) is 30.3 Å². The second-order valence-corrected chi connectivity index (χ2v) is 3.68. The molecule has 2 rings (SSSR count). The van der Waals surface area contributed by atoms with E-state index in [1.165, 1.54) is 5.56 Å². The Morgan fingerprint density at radius 1 is 1.06 bits per heavy atom. The van der Waals surface area contributed by atoms with Crippen molar-refractivity contribution in [2.75, 3.05) is 6.61 Å². The van der Waals surface area contributed by atoms with Gasteiger partial charge in [-0.05, 0) is 12.0 Å². The molecular weight excluding hydrogens is 202 g/mol. The molecule has 1 heterocycles. The number of hydrogen-bond donors (Lipinski definition) is 1. The second kappa shape index (κ2) is 5.47. The molecule has 0 spiro atoms. The highest BCUT2D eigenvalue weighted by Gasteiger charge is 2.03. The summed E-state index contributed by atoms with van der Waals surface area (Å²) in [4.78, 5) is 4.09. The van der Waals surface area contributed by atoms with Gasteiger partial charge in [-0.2, -0.15) is 0 Å². The monoisotopic (exact) mass is 217 g/mol. The molecular formula is C13H15NO2. The molecule has 1 N–H and O–H groups in total. The van der Waals surface area contributed by atoms with Gasteiger partial charge in [0.1, 0.15) is 5.76 Å². The molecule has 3 heteroatoms. The largest absolute Gasteiger partial charge is 0.446 e. The van der Waals surface area contributed by atoms with Gasteiger partial charge in [-0.3, -0.25) is 0 Å². The van der Waals surface area contributed by atoms with Gasteiger partial charge in [0.05, 0.1) is 12.8 Å². The van der Waals surface area contributed by atoms with Crippen LogP contribution in [-0.4, -0.2) is 16.7 Å². The van der Waals surface area contributed by atoms with Gasteiger partial charge in [0, 0.05) is 12.8 Å². The molecule has 0 saturated carbocycles. The molecule has 2 aromatic rings. The van der Waals surface area contributed by atoms with E-state index in [4.69, 9.17) is 9.52 Å². The Labute approximate surface area is 94.8 Å². The summed E-state index contributed by atoms with van der Waals surface area (Å²) in [6.07, 6.45) is 4.04. The molecule has 0 amide bonds. The first-order chi connectivity index (χ1) is 7.88. The third-order valence-electron chi connectivity index (χ3n) is 2.43. The highest BCUT2D eigenvalue weighted by molar-refractivity contribution is 5.15. The number of aryl methyl sites for hydroxylation is 2. The fourth-order valence-corrected chi connectivity index (χ4v) is 1.59. The van der Waals surface area contributed by atoms with Crippen molar-refractivity contribution in [3.05, 3.63) is 53.7 Å². The van der Waals surface area contributed by atoms with Gasteiger partial charge in [-0.15, -0.1) is 0 Å². The maximum absolute atomic E-state index is 8.74. The highest BCUT2D eigenvalue weighted by atomic mass is 16.4. The zero-order chi connectivity index (χ0) is 11.2. The first kappa shape index (κ1) is 10.9. The van der Waals surface area contributed by atoms with E-state index in [9.17, 15) is 0 Å². The third-order valence-corrected chi connectivity index (χ3v) is 2.43. The van der Waals surface area contributed by atoms with Crippen LogP contribution >= 0.6 is 0 Å². The van der Waals surface area contributed by atoms with Crippen molar-refractivity contribution in [2.24, 2.45) is 0 Å². The van der Waals surface area contributed by atoms with E-state index in [1.807, 2.05) is 18.2 Å². The topological polar surface area (TPSA) is 46.3 Å². The quantitative estimate of drug-likeness (QED) is 0.833. The standard InChI is InChI=1S/C13H15NO2/c15-9-8-13-14-10-12(16-13)7-6-11-4-2-1-3-5-11/h1-5,10,15H,6-9H2. The molecule has 16 heavy (non-hydrogen) atoms. The van der Waals surface area contributed by atoms with Crippen LogP contribution in [0.25, 0.3) is 0 Å². The van der Waals surface area contributed by atoms with Crippen molar-refractivity contribution < 1.29 is 9.52 Å². The normalized spacial score (nSPS) is 10.6. The summed E-state index contributed by atoms with van der Waals surface area (Å²) in [6.45, 7) is 0.0820. The third kappa shape index (κ3) is 2.94. The first-order valence-corrected chi connectivity index (χ1v) is 5.47. The Kier molecular flexibility index (Phi) is 3.72. The number of hydrogen-bond acceptors (Lipinski definition) is 3. The predicted octanol–water partition coefficient (Wildman–Crippen LogP) is 1.99. The van der Waals surface area contributed by atoms with E-state index < -0.39 is 0 Å². The molecule has 1 aromatic carbocycles. The van der Waals surface area contributed by atoms with Crippen LogP contribution in [0.4, 0.5) is 0 Å². The molecule has 0 saturated heterocycles. The highest BCUT2D eigenvalue weighted by Crippen LogP contribution is 2.09. The van der Waals surface area contributed by atoms with Crippen LogP contribution in [0.15, 0.2) is 40.9 Å². The summed E-state index contributed by atoms with van der Waals surface area (Å²) in [5.41, 5.74) is 1.29. The average molecular weight is 217 g/mol. The van der Waals surface area contributed by atoms with Crippen molar-refractivity contribution in [1.82, 2.24) is 4.98 Å². The van der Waals surface area contributed by atoms with E-state index >= 15 is 0 Å². The smallest absolute Gasteiger partial charge is 0.196 e. The van der Waals surface area contributed by atoms with E-state index in [0.717, 1.165) is 18.6 Å². The summed E-state index contributed by atoms with van der Waals surface area (Å²) < 4.78 is 5.47. The Morgan fingerprint density at radius 2 is 1.88 bits per heavy atom. The zero-order valence-corrected chi connectivity index (χ0v) is 9.10. The number of aromatic nitrogens is 1. The summed E-state index contributed by atoms with van der Waals surface area (Å²) in [5, 5.41) is 8.74. The molecule has 3 nitrogen and oxygen atoms in total. The van der Waals surface area contributed by atoms with E-state index in [0.29, 0.717) is 12.3 Å². The van der Waals surface area contributed by atoms with Crippen molar-refractivity contribution in [3.8, 4) is 0 Å². The minimum Gasteiger partial charge on any atom is -0.446 e. The van der Waals surface area contributed by atoms with Crippen LogP contribution in [0.1, 0.15) is 17.2 Å². The Morgan fingerprint density at radius 3 is 2.62 bits per heavy atom. The van der Waals surface area contributed by atoms with E-state index in [1.54, 1.807) is 6.20 Å². The van der Waals surface area contributed by atoms with Gasteiger partial charge >= 0.3 is 0 Å². The number of aliphatic hydroxyl groups is 1. The van der Waals surface area contributed by atoms with Gasteiger partial charge in [-0.25, -0.2) is 4.98 Å². The van der Waals surface area contributed by atoms with Crippen LogP contribution in [0.5, 0.6) is 0 Å². The molecule has 0 aliphatic heterocycles. The van der Waals surface area contributed by atoms with Gasteiger partial charge in [0.2, 0.25) is 0 Å². The van der Waals surface area contributed by atoms with Crippen LogP contribution in [0.2, 0.25) is 0 Å². The molecule has 0 unspecified atom stereocenters. The van der Waals surface area contributed by atoms with E-state index in [-0.39, 0.29) is 6.61 Å². The van der Waals surface area contributed by atoms with Crippen LogP contribution < -0.4 is 0 Å². The first-order valence-electron chi connectivity index (χ1n) is 5.47. The molecule has 0 fully saturated rings. The molecule has 84 valence electrons. The van der Waals surface area contributed by atoms with Gasteiger partial charge < -0.3 is 9.52 Å². The molecule has 0 radical (unpaired) electrons. The number of aliphatic hydroxyl groups excluding tert-OH is 1. The van der Waals surface area contributed by atoms with Crippen molar-refractivity contribution in [3.63, 3.8) is 0 Å². The van der Waals surface area contributed by atoms with Crippen molar-refractivity contribution >= 4 is 0 Å². The SMILES string of the molecule is OCCc1ncc(CCc2ccccc2)o1. The number of benzene rings is 1. The lowest BCUT2D eigenvalue weighted by molar-refractivity contribution is 0.283. The Bertz CT molecular complexity index is 423. The van der Waals surface area contributed by atoms with Gasteiger partial charge in [0.15, 0.2) is 5.89 Å². The zero-order valence-electron chi connectivity index (χ0n) is 9.10. The minimum atomic E-state index is 0.0820. The predicted molar refractivity (Wildman–Crippen MR) is 61.1 cm³/mol. The molecule has 1 aromatic heterocycles. The number of rotatable bonds is 5. The van der Waals surface area contributed by atoms with Gasteiger partial charge in [0.25, 0.3) is 0 Å². The molecule has 0 aliphatic carbocycles. The van der Waals surface area contributed by atoms with Crippen molar-refractivity contribution in [1.29, 1.82) is 0 Å². The maximum Gasteiger partial charge on any atom is 0.196 e. The lowest BCUT2D eigenvalue weighted by atomic mass is 10.1. The summed E-state index contributed by atoms with van der Waals surface area (Å²) >= 11 is 0. The van der Waals surface area contributed by atoms with Crippen LogP contribution in [-0.2, 0) is 19.3 Å². The Balaban J connectivity index is 1.89. The molecule has 0 bridgehead atoms.